The fourth-order valence-electron chi connectivity index (χ4n) is 3.47. The fourth-order valence-corrected chi connectivity index (χ4v) is 3.47. The zero-order valence-corrected chi connectivity index (χ0v) is 14.7. The van der Waals surface area contributed by atoms with Crippen molar-refractivity contribution in [3.8, 4) is 5.75 Å². The summed E-state index contributed by atoms with van der Waals surface area (Å²) < 4.78 is 5.39. The highest BCUT2D eigenvalue weighted by Crippen LogP contribution is 2.18. The predicted octanol–water partition coefficient (Wildman–Crippen LogP) is 3.24. The van der Waals surface area contributed by atoms with Crippen molar-refractivity contribution in [2.75, 3.05) is 26.2 Å². The van der Waals surface area contributed by atoms with Crippen molar-refractivity contribution in [3.05, 3.63) is 30.3 Å². The van der Waals surface area contributed by atoms with Gasteiger partial charge in [-0.1, -0.05) is 37.5 Å². The van der Waals surface area contributed by atoms with E-state index in [4.69, 9.17) is 4.74 Å². The summed E-state index contributed by atoms with van der Waals surface area (Å²) in [5.74, 6) is 0.545. The van der Waals surface area contributed by atoms with E-state index in [2.05, 4.69) is 5.32 Å². The number of nitrogens with one attached hydrogen (secondary N) is 1. The normalized spacial score (nSPS) is 19.2. The lowest BCUT2D eigenvalue weighted by Crippen LogP contribution is -2.47. The van der Waals surface area contributed by atoms with Gasteiger partial charge in [-0.15, -0.1) is 0 Å². The van der Waals surface area contributed by atoms with Gasteiger partial charge in [-0.25, -0.2) is 9.59 Å². The van der Waals surface area contributed by atoms with Crippen LogP contribution in [0.3, 0.4) is 0 Å². The molecule has 0 unspecified atom stereocenters. The van der Waals surface area contributed by atoms with Crippen molar-refractivity contribution in [2.45, 2.75) is 44.6 Å². The largest absolute Gasteiger partial charge is 0.415 e. The summed E-state index contributed by atoms with van der Waals surface area (Å²) in [4.78, 5) is 28.3. The molecule has 1 aromatic carbocycles. The number of hydrogen-bond acceptors (Lipinski definition) is 3. The lowest BCUT2D eigenvalue weighted by molar-refractivity contribution is 0.152. The van der Waals surface area contributed by atoms with Crippen molar-refractivity contribution in [1.82, 2.24) is 15.1 Å². The second-order valence-corrected chi connectivity index (χ2v) is 6.79. The Morgan fingerprint density at radius 1 is 0.880 bits per heavy atom. The van der Waals surface area contributed by atoms with E-state index in [1.54, 1.807) is 17.0 Å². The van der Waals surface area contributed by atoms with Crippen LogP contribution in [-0.2, 0) is 0 Å². The molecule has 2 fully saturated rings. The molecule has 3 rings (SSSR count). The molecule has 2 aliphatic rings. The number of amides is 3. The molecule has 0 aromatic heterocycles. The van der Waals surface area contributed by atoms with E-state index in [1.807, 2.05) is 23.1 Å². The number of nitrogens with zero attached hydrogens (tertiary/aromatic N) is 2. The van der Waals surface area contributed by atoms with E-state index in [-0.39, 0.29) is 12.1 Å². The Kier molecular flexibility index (Phi) is 6.14. The molecule has 6 heteroatoms. The van der Waals surface area contributed by atoms with Crippen molar-refractivity contribution in [3.63, 3.8) is 0 Å². The maximum Gasteiger partial charge on any atom is 0.415 e. The van der Waals surface area contributed by atoms with Gasteiger partial charge in [0, 0.05) is 32.2 Å². The lowest BCUT2D eigenvalue weighted by Gasteiger charge is -2.27. The molecule has 136 valence electrons. The summed E-state index contributed by atoms with van der Waals surface area (Å²) in [5.41, 5.74) is 0. The van der Waals surface area contributed by atoms with Gasteiger partial charge in [0.05, 0.1) is 0 Å². The first-order valence-corrected chi connectivity index (χ1v) is 9.29. The zero-order valence-electron chi connectivity index (χ0n) is 14.7. The molecule has 25 heavy (non-hydrogen) atoms. The zero-order chi connectivity index (χ0) is 17.5. The molecule has 1 saturated carbocycles. The van der Waals surface area contributed by atoms with Crippen LogP contribution in [0.25, 0.3) is 0 Å². The van der Waals surface area contributed by atoms with E-state index in [9.17, 15) is 9.59 Å². The van der Waals surface area contributed by atoms with Crippen molar-refractivity contribution in [2.24, 2.45) is 0 Å². The Balaban J connectivity index is 1.48. The number of benzene rings is 1. The number of carbonyl (C=O) groups excluding carboxylic acids is 2. The van der Waals surface area contributed by atoms with Crippen molar-refractivity contribution in [1.29, 1.82) is 0 Å². The van der Waals surface area contributed by atoms with Crippen LogP contribution in [0.2, 0.25) is 0 Å². The highest BCUT2D eigenvalue weighted by Gasteiger charge is 2.25. The van der Waals surface area contributed by atoms with Gasteiger partial charge in [0.1, 0.15) is 5.75 Å². The van der Waals surface area contributed by atoms with Crippen LogP contribution < -0.4 is 10.1 Å². The van der Waals surface area contributed by atoms with Gasteiger partial charge in [-0.05, 0) is 31.4 Å². The minimum absolute atomic E-state index is 0.00479. The van der Waals surface area contributed by atoms with Gasteiger partial charge in [0.25, 0.3) is 0 Å². The van der Waals surface area contributed by atoms with Crippen molar-refractivity contribution >= 4 is 12.1 Å². The number of rotatable bonds is 2. The Morgan fingerprint density at radius 3 is 2.32 bits per heavy atom. The molecule has 1 N–H and O–H groups in total. The third-order valence-electron chi connectivity index (χ3n) is 4.92. The number of urea groups is 1. The predicted molar refractivity (Wildman–Crippen MR) is 95.6 cm³/mol. The first-order chi connectivity index (χ1) is 12.2. The quantitative estimate of drug-likeness (QED) is 0.895. The van der Waals surface area contributed by atoms with Gasteiger partial charge in [0.15, 0.2) is 0 Å². The van der Waals surface area contributed by atoms with Crippen molar-refractivity contribution < 1.29 is 14.3 Å². The highest BCUT2D eigenvalue weighted by molar-refractivity contribution is 5.75. The van der Waals surface area contributed by atoms with Gasteiger partial charge >= 0.3 is 12.1 Å². The molecule has 0 atom stereocenters. The molecule has 3 amide bonds. The molecular formula is C19H27N3O3. The minimum atomic E-state index is -0.347. The SMILES string of the molecule is O=C(NC1CCCCC1)N1CCCN(C(=O)Oc2ccccc2)CC1. The van der Waals surface area contributed by atoms with Crippen LogP contribution in [-0.4, -0.2) is 54.1 Å². The molecule has 1 heterocycles. The smallest absolute Gasteiger partial charge is 0.410 e. The first kappa shape index (κ1) is 17.6. The van der Waals surface area contributed by atoms with Crippen LogP contribution in [0.4, 0.5) is 9.59 Å². The monoisotopic (exact) mass is 345 g/mol. The van der Waals surface area contributed by atoms with Crippen LogP contribution in [0.1, 0.15) is 38.5 Å². The summed E-state index contributed by atoms with van der Waals surface area (Å²) in [6.07, 6.45) is 6.25. The molecule has 0 spiro atoms. The second kappa shape index (κ2) is 8.74. The summed E-state index contributed by atoms with van der Waals surface area (Å²) in [7, 11) is 0. The van der Waals surface area contributed by atoms with E-state index in [0.717, 1.165) is 19.3 Å². The molecule has 1 saturated heterocycles. The van der Waals surface area contributed by atoms with E-state index >= 15 is 0 Å². The fraction of sp³-hybridized carbons (Fsp3) is 0.579. The number of carbonyl (C=O) groups is 2. The first-order valence-electron chi connectivity index (χ1n) is 9.29. The maximum absolute atomic E-state index is 12.5. The Labute approximate surface area is 149 Å². The van der Waals surface area contributed by atoms with Crippen LogP contribution >= 0.6 is 0 Å². The van der Waals surface area contributed by atoms with Crippen LogP contribution in [0.15, 0.2) is 30.3 Å². The van der Waals surface area contributed by atoms with Gasteiger partial charge in [-0.2, -0.15) is 0 Å². The Morgan fingerprint density at radius 2 is 1.56 bits per heavy atom. The van der Waals surface area contributed by atoms with Gasteiger partial charge in [0.2, 0.25) is 0 Å². The maximum atomic E-state index is 12.5. The molecule has 6 nitrogen and oxygen atoms in total. The molecule has 1 aliphatic carbocycles. The summed E-state index contributed by atoms with van der Waals surface area (Å²) in [6, 6.07) is 9.39. The minimum Gasteiger partial charge on any atom is -0.410 e. The van der Waals surface area contributed by atoms with Gasteiger partial charge < -0.3 is 19.9 Å². The second-order valence-electron chi connectivity index (χ2n) is 6.79. The molecular weight excluding hydrogens is 318 g/mol. The third-order valence-corrected chi connectivity index (χ3v) is 4.92. The standard InChI is InChI=1S/C19H27N3O3/c23-18(20-16-8-3-1-4-9-16)21-12-7-13-22(15-14-21)19(24)25-17-10-5-2-6-11-17/h2,5-6,10-11,16H,1,3-4,7-9,12-15H2,(H,20,23). The molecule has 1 aromatic rings. The number of para-hydroxylation sites is 1. The van der Waals surface area contributed by atoms with E-state index in [1.165, 1.54) is 19.3 Å². The third kappa shape index (κ3) is 5.11. The topological polar surface area (TPSA) is 61.9 Å². The van der Waals surface area contributed by atoms with Crippen LogP contribution in [0, 0.1) is 0 Å². The van der Waals surface area contributed by atoms with E-state index < -0.39 is 0 Å². The highest BCUT2D eigenvalue weighted by atomic mass is 16.6. The lowest BCUT2D eigenvalue weighted by atomic mass is 9.96. The summed E-state index contributed by atoms with van der Waals surface area (Å²) >= 11 is 0. The molecule has 0 radical (unpaired) electrons. The summed E-state index contributed by atoms with van der Waals surface area (Å²) in [6.45, 7) is 2.33. The number of ether oxygens (including phenoxy) is 1. The number of hydrogen-bond donors (Lipinski definition) is 1. The Bertz CT molecular complexity index is 573. The molecule has 1 aliphatic heterocycles. The Hall–Kier alpha value is -2.24. The summed E-state index contributed by atoms with van der Waals surface area (Å²) in [5, 5.41) is 3.15. The average Bonchev–Trinajstić information content (AvgIpc) is 2.90. The van der Waals surface area contributed by atoms with Crippen LogP contribution in [0.5, 0.6) is 5.75 Å². The van der Waals surface area contributed by atoms with Gasteiger partial charge in [-0.3, -0.25) is 0 Å². The molecule has 0 bridgehead atoms. The average molecular weight is 345 g/mol. The van der Waals surface area contributed by atoms with E-state index in [0.29, 0.717) is 38.0 Å².